The number of fused-ring (bicyclic) bond motifs is 1. The Morgan fingerprint density at radius 3 is 2.93 bits per heavy atom. The van der Waals surface area contributed by atoms with Crippen molar-refractivity contribution in [1.29, 1.82) is 0 Å². The summed E-state index contributed by atoms with van der Waals surface area (Å²) < 4.78 is 5.52. The lowest BCUT2D eigenvalue weighted by atomic mass is 10.0. The van der Waals surface area contributed by atoms with Crippen LogP contribution in [0.4, 0.5) is 0 Å². The van der Waals surface area contributed by atoms with E-state index >= 15 is 0 Å². The average Bonchev–Trinajstić information content (AvgIpc) is 2.85. The summed E-state index contributed by atoms with van der Waals surface area (Å²) in [7, 11) is 0. The summed E-state index contributed by atoms with van der Waals surface area (Å²) in [5.74, 6) is 0. The van der Waals surface area contributed by atoms with Gasteiger partial charge in [-0.05, 0) is 30.9 Å². The predicted octanol–water partition coefficient (Wildman–Crippen LogP) is 4.00. The summed E-state index contributed by atoms with van der Waals surface area (Å²) in [6, 6.07) is 8.23. The molecule has 0 spiro atoms. The number of benzene rings is 1. The quantitative estimate of drug-likeness (QED) is 0.652. The second-order valence-electron chi connectivity index (χ2n) is 3.77. The monoisotopic (exact) mass is 184 g/mol. The molecule has 0 atom stereocenters. The summed E-state index contributed by atoms with van der Waals surface area (Å²) in [6.45, 7) is 0. The van der Waals surface area contributed by atoms with Gasteiger partial charge in [0.25, 0.3) is 0 Å². The van der Waals surface area contributed by atoms with E-state index in [0.29, 0.717) is 0 Å². The van der Waals surface area contributed by atoms with Crippen molar-refractivity contribution in [3.8, 4) is 0 Å². The van der Waals surface area contributed by atoms with E-state index in [1.54, 1.807) is 0 Å². The van der Waals surface area contributed by atoms with Crippen molar-refractivity contribution in [3.63, 3.8) is 0 Å². The zero-order valence-electron chi connectivity index (χ0n) is 7.99. The van der Waals surface area contributed by atoms with Gasteiger partial charge in [0.2, 0.25) is 0 Å². The normalized spacial score (nSPS) is 16.1. The second-order valence-corrected chi connectivity index (χ2v) is 3.77. The van der Waals surface area contributed by atoms with E-state index in [0.717, 1.165) is 5.58 Å². The highest BCUT2D eigenvalue weighted by molar-refractivity contribution is 5.91. The molecule has 0 fully saturated rings. The maximum Gasteiger partial charge on any atom is 0.134 e. The van der Waals surface area contributed by atoms with E-state index in [2.05, 4.69) is 18.2 Å². The lowest BCUT2D eigenvalue weighted by molar-refractivity contribution is 0.614. The fraction of sp³-hybridized carbons (Fsp3) is 0.231. The van der Waals surface area contributed by atoms with Gasteiger partial charge in [0.15, 0.2) is 0 Å². The Balaban J connectivity index is 2.21. The first-order valence-corrected chi connectivity index (χ1v) is 5.11. The molecule has 1 aromatic heterocycles. The molecule has 3 rings (SSSR count). The number of allylic oxidation sites excluding steroid dienone is 2. The number of hydrogen-bond donors (Lipinski definition) is 0. The molecule has 0 bridgehead atoms. The Labute approximate surface area is 83.0 Å². The van der Waals surface area contributed by atoms with Gasteiger partial charge >= 0.3 is 0 Å². The number of rotatable bonds is 1. The van der Waals surface area contributed by atoms with Gasteiger partial charge in [-0.2, -0.15) is 0 Å². The minimum atomic E-state index is 0.996. The molecule has 1 aliphatic rings. The summed E-state index contributed by atoms with van der Waals surface area (Å²) in [4.78, 5) is 0. The summed E-state index contributed by atoms with van der Waals surface area (Å²) >= 11 is 0. The van der Waals surface area contributed by atoms with Gasteiger partial charge in [-0.1, -0.05) is 24.3 Å². The van der Waals surface area contributed by atoms with E-state index in [4.69, 9.17) is 4.42 Å². The highest BCUT2D eigenvalue weighted by Crippen LogP contribution is 2.33. The topological polar surface area (TPSA) is 13.1 Å². The molecule has 1 heterocycles. The SMILES string of the molecule is C1=C(c2coc3ccccc23)CCC1. The zero-order chi connectivity index (χ0) is 9.38. The largest absolute Gasteiger partial charge is 0.464 e. The molecule has 0 amide bonds. The lowest BCUT2D eigenvalue weighted by Crippen LogP contribution is -1.76. The Morgan fingerprint density at radius 2 is 2.07 bits per heavy atom. The van der Waals surface area contributed by atoms with Gasteiger partial charge < -0.3 is 4.42 Å². The molecule has 1 nitrogen and oxygen atoms in total. The molecule has 0 aliphatic heterocycles. The summed E-state index contributed by atoms with van der Waals surface area (Å²) in [5, 5.41) is 1.25. The van der Waals surface area contributed by atoms with Gasteiger partial charge in [-0.25, -0.2) is 0 Å². The Bertz CT molecular complexity index is 491. The molecule has 0 saturated heterocycles. The molecule has 14 heavy (non-hydrogen) atoms. The van der Waals surface area contributed by atoms with Crippen LogP contribution in [0.3, 0.4) is 0 Å². The molecule has 0 N–H and O–H groups in total. The average molecular weight is 184 g/mol. The molecule has 0 radical (unpaired) electrons. The van der Waals surface area contributed by atoms with E-state index < -0.39 is 0 Å². The minimum Gasteiger partial charge on any atom is -0.464 e. The number of furan rings is 1. The molecule has 1 aromatic carbocycles. The molecule has 2 aromatic rings. The van der Waals surface area contributed by atoms with Crippen LogP contribution < -0.4 is 0 Å². The molecule has 1 heteroatoms. The van der Waals surface area contributed by atoms with Crippen LogP contribution in [-0.4, -0.2) is 0 Å². The van der Waals surface area contributed by atoms with Gasteiger partial charge in [0.05, 0.1) is 6.26 Å². The van der Waals surface area contributed by atoms with E-state index in [-0.39, 0.29) is 0 Å². The standard InChI is InChI=1S/C13H12O/c1-2-6-10(5-1)12-9-14-13-8-4-3-7-11(12)13/h3-5,7-9H,1-2,6H2. The maximum absolute atomic E-state index is 5.52. The molecule has 0 saturated carbocycles. The van der Waals surface area contributed by atoms with Gasteiger partial charge in [-0.15, -0.1) is 0 Å². The van der Waals surface area contributed by atoms with Crippen molar-refractivity contribution in [2.45, 2.75) is 19.3 Å². The van der Waals surface area contributed by atoms with Gasteiger partial charge in [0.1, 0.15) is 5.58 Å². The highest BCUT2D eigenvalue weighted by atomic mass is 16.3. The zero-order valence-corrected chi connectivity index (χ0v) is 7.99. The lowest BCUT2D eigenvalue weighted by Gasteiger charge is -1.96. The first kappa shape index (κ1) is 7.86. The van der Waals surface area contributed by atoms with Crippen LogP contribution in [0.25, 0.3) is 16.5 Å². The smallest absolute Gasteiger partial charge is 0.134 e. The van der Waals surface area contributed by atoms with E-state index in [9.17, 15) is 0 Å². The molecule has 0 unspecified atom stereocenters. The molecular formula is C13H12O. The van der Waals surface area contributed by atoms with Gasteiger partial charge in [-0.3, -0.25) is 0 Å². The van der Waals surface area contributed by atoms with Crippen molar-refractivity contribution >= 4 is 16.5 Å². The third-order valence-electron chi connectivity index (χ3n) is 2.87. The van der Waals surface area contributed by atoms with Crippen molar-refractivity contribution in [1.82, 2.24) is 0 Å². The summed E-state index contributed by atoms with van der Waals surface area (Å²) in [6.07, 6.45) is 7.92. The van der Waals surface area contributed by atoms with Crippen LogP contribution >= 0.6 is 0 Å². The van der Waals surface area contributed by atoms with Crippen LogP contribution in [0.1, 0.15) is 24.8 Å². The molecule has 70 valence electrons. The highest BCUT2D eigenvalue weighted by Gasteiger charge is 2.12. The van der Waals surface area contributed by atoms with E-state index in [1.807, 2.05) is 18.4 Å². The third-order valence-corrected chi connectivity index (χ3v) is 2.87. The predicted molar refractivity (Wildman–Crippen MR) is 58.0 cm³/mol. The fourth-order valence-corrected chi connectivity index (χ4v) is 2.14. The first-order chi connectivity index (χ1) is 6.95. The Morgan fingerprint density at radius 1 is 1.14 bits per heavy atom. The van der Waals surface area contributed by atoms with E-state index in [1.165, 1.54) is 35.8 Å². The first-order valence-electron chi connectivity index (χ1n) is 5.11. The van der Waals surface area contributed by atoms with Gasteiger partial charge in [0, 0.05) is 10.9 Å². The van der Waals surface area contributed by atoms with Crippen molar-refractivity contribution < 1.29 is 4.42 Å². The van der Waals surface area contributed by atoms with Crippen LogP contribution in [0.5, 0.6) is 0 Å². The summed E-state index contributed by atoms with van der Waals surface area (Å²) in [5.41, 5.74) is 3.74. The van der Waals surface area contributed by atoms with Crippen LogP contribution in [-0.2, 0) is 0 Å². The maximum atomic E-state index is 5.52. The van der Waals surface area contributed by atoms with Crippen molar-refractivity contribution in [2.24, 2.45) is 0 Å². The molecular weight excluding hydrogens is 172 g/mol. The molecule has 1 aliphatic carbocycles. The number of para-hydroxylation sites is 1. The van der Waals surface area contributed by atoms with Crippen LogP contribution in [0, 0.1) is 0 Å². The second kappa shape index (κ2) is 3.02. The van der Waals surface area contributed by atoms with Crippen LogP contribution in [0.2, 0.25) is 0 Å². The Hall–Kier alpha value is -1.50. The van der Waals surface area contributed by atoms with Crippen LogP contribution in [0.15, 0.2) is 41.0 Å². The Kier molecular flexibility index (Phi) is 1.69. The number of hydrogen-bond acceptors (Lipinski definition) is 1. The third kappa shape index (κ3) is 1.09. The fourth-order valence-electron chi connectivity index (χ4n) is 2.14. The van der Waals surface area contributed by atoms with Crippen molar-refractivity contribution in [3.05, 3.63) is 42.2 Å². The minimum absolute atomic E-state index is 0.996. The van der Waals surface area contributed by atoms with Crippen molar-refractivity contribution in [2.75, 3.05) is 0 Å².